The molecule has 12 nitrogen and oxygen atoms in total. The second kappa shape index (κ2) is 10.5. The van der Waals surface area contributed by atoms with Gasteiger partial charge in [0.05, 0.1) is 19.0 Å². The van der Waals surface area contributed by atoms with E-state index in [0.29, 0.717) is 23.9 Å². The third kappa shape index (κ3) is 5.66. The number of pyridine rings is 1. The van der Waals surface area contributed by atoms with Gasteiger partial charge in [-0.05, 0) is 19.4 Å². The molecule has 5 rings (SSSR count). The van der Waals surface area contributed by atoms with Crippen molar-refractivity contribution in [2.45, 2.75) is 19.5 Å². The first-order valence-corrected chi connectivity index (χ1v) is 11.3. The van der Waals surface area contributed by atoms with E-state index in [4.69, 9.17) is 14.6 Å². The molecule has 0 atom stereocenters. The molecule has 0 radical (unpaired) electrons. The van der Waals surface area contributed by atoms with E-state index in [1.165, 1.54) is 12.8 Å². The number of nitrogens with one attached hydrogen (secondary N) is 2. The molecule has 15 heteroatoms. The van der Waals surface area contributed by atoms with Crippen LogP contribution in [-0.4, -0.2) is 82.5 Å². The van der Waals surface area contributed by atoms with Crippen LogP contribution < -0.4 is 25.2 Å². The van der Waals surface area contributed by atoms with E-state index in [-0.39, 0.29) is 6.03 Å². The fourth-order valence-corrected chi connectivity index (χ4v) is 4.14. The lowest BCUT2D eigenvalue weighted by molar-refractivity contribution is -0.192. The van der Waals surface area contributed by atoms with Gasteiger partial charge in [-0.3, -0.25) is 14.6 Å². The van der Waals surface area contributed by atoms with Gasteiger partial charge in [0, 0.05) is 56.4 Å². The molecule has 2 aliphatic rings. The lowest BCUT2D eigenvalue weighted by Gasteiger charge is -2.30. The molecule has 37 heavy (non-hydrogen) atoms. The number of hydrogen-bond donors (Lipinski definition) is 3. The number of aryl methyl sites for hydroxylation is 1. The van der Waals surface area contributed by atoms with Gasteiger partial charge in [0.1, 0.15) is 5.82 Å². The Bertz CT molecular complexity index is 1310. The van der Waals surface area contributed by atoms with Crippen LogP contribution in [-0.2, 0) is 11.2 Å². The Kier molecular flexibility index (Phi) is 7.33. The number of imidazole rings is 1. The van der Waals surface area contributed by atoms with Crippen LogP contribution in [0.15, 0.2) is 24.7 Å². The molecule has 5 heterocycles. The lowest BCUT2D eigenvalue weighted by atomic mass is 10.1. The highest BCUT2D eigenvalue weighted by atomic mass is 19.4. The van der Waals surface area contributed by atoms with Crippen LogP contribution in [0.3, 0.4) is 0 Å². The summed E-state index contributed by atoms with van der Waals surface area (Å²) >= 11 is 0. The number of anilines is 3. The highest BCUT2D eigenvalue weighted by Crippen LogP contribution is 2.34. The van der Waals surface area contributed by atoms with Crippen molar-refractivity contribution in [2.24, 2.45) is 0 Å². The zero-order valence-electron chi connectivity index (χ0n) is 20.0. The molecular formula is C22H25F3N8O4. The number of hydrogen-bond acceptors (Lipinski definition) is 8. The van der Waals surface area contributed by atoms with Crippen LogP contribution in [0.25, 0.3) is 5.65 Å². The molecule has 0 aromatic carbocycles. The maximum Gasteiger partial charge on any atom is 0.490 e. The van der Waals surface area contributed by atoms with Crippen LogP contribution in [0.5, 0.6) is 5.88 Å². The number of ether oxygens (including phenoxy) is 1. The summed E-state index contributed by atoms with van der Waals surface area (Å²) in [5.41, 5.74) is 3.76. The monoisotopic (exact) mass is 522 g/mol. The minimum Gasteiger partial charge on any atom is -0.478 e. The minimum absolute atomic E-state index is 0.260. The first-order valence-electron chi connectivity index (χ1n) is 11.3. The van der Waals surface area contributed by atoms with E-state index in [0.717, 1.165) is 49.7 Å². The summed E-state index contributed by atoms with van der Waals surface area (Å²) in [5.74, 6) is -1.28. The number of aliphatic carboxylic acids is 1. The van der Waals surface area contributed by atoms with Gasteiger partial charge < -0.3 is 20.1 Å². The van der Waals surface area contributed by atoms with Crippen molar-refractivity contribution in [3.05, 3.63) is 35.9 Å². The SMILES string of the molecule is COc1nc(NC(=O)N2CCc3c(N4CCNCC4)ccnc32)cn2cc(C)nc12.O=C(O)C(F)(F)F. The molecule has 1 fully saturated rings. The highest BCUT2D eigenvalue weighted by molar-refractivity contribution is 6.02. The quantitative estimate of drug-likeness (QED) is 0.472. The van der Waals surface area contributed by atoms with Gasteiger partial charge in [-0.15, -0.1) is 0 Å². The minimum atomic E-state index is -5.08. The Morgan fingerprint density at radius 1 is 1.16 bits per heavy atom. The maximum atomic E-state index is 13.1. The van der Waals surface area contributed by atoms with Crippen LogP contribution in [0, 0.1) is 6.92 Å². The standard InChI is InChI=1S/C20H24N8O2.C2HF3O2/c1-13-11-27-12-16(24-19(30-2)18(27)23-13)25-20(29)28-8-4-14-15(3-5-22-17(14)28)26-9-6-21-7-10-26;3-2(4,5)1(6)7/h3,5,11-12,21H,4,6-10H2,1-2H3,(H,25,29);(H,6,7). The Balaban J connectivity index is 0.000000405. The molecule has 3 aromatic heterocycles. The van der Waals surface area contributed by atoms with Crippen LogP contribution >= 0.6 is 0 Å². The first kappa shape index (κ1) is 25.9. The van der Waals surface area contributed by atoms with E-state index < -0.39 is 12.1 Å². The van der Waals surface area contributed by atoms with Gasteiger partial charge in [0.15, 0.2) is 5.82 Å². The highest BCUT2D eigenvalue weighted by Gasteiger charge is 2.38. The van der Waals surface area contributed by atoms with Gasteiger partial charge in [0.2, 0.25) is 5.65 Å². The molecule has 0 saturated carbocycles. The molecule has 0 spiro atoms. The largest absolute Gasteiger partial charge is 0.490 e. The van der Waals surface area contributed by atoms with E-state index in [2.05, 4.69) is 30.5 Å². The second-order valence-corrected chi connectivity index (χ2v) is 8.25. The van der Waals surface area contributed by atoms with Gasteiger partial charge >= 0.3 is 18.2 Å². The number of nitrogens with zero attached hydrogens (tertiary/aromatic N) is 6. The molecule has 198 valence electrons. The Hall–Kier alpha value is -4.14. The van der Waals surface area contributed by atoms with Crippen molar-refractivity contribution >= 4 is 35.0 Å². The van der Waals surface area contributed by atoms with Crippen LogP contribution in [0.4, 0.5) is 35.3 Å². The third-order valence-electron chi connectivity index (χ3n) is 5.75. The molecule has 2 amide bonds. The number of amides is 2. The molecule has 0 unspecified atom stereocenters. The number of halogens is 3. The number of rotatable bonds is 3. The number of carbonyl (C=O) groups excluding carboxylic acids is 1. The predicted octanol–water partition coefficient (Wildman–Crippen LogP) is 2.08. The number of methoxy groups -OCH3 is 1. The normalized spacial score (nSPS) is 15.2. The Labute approximate surface area is 209 Å². The van der Waals surface area contributed by atoms with Crippen molar-refractivity contribution in [1.82, 2.24) is 24.7 Å². The summed E-state index contributed by atoms with van der Waals surface area (Å²) in [6, 6.07) is 1.79. The van der Waals surface area contributed by atoms with Crippen LogP contribution in [0.1, 0.15) is 11.3 Å². The summed E-state index contributed by atoms with van der Waals surface area (Å²) in [6.07, 6.45) is 1.08. The van der Waals surface area contributed by atoms with Crippen molar-refractivity contribution < 1.29 is 32.6 Å². The number of carboxylic acids is 1. The number of alkyl halides is 3. The summed E-state index contributed by atoms with van der Waals surface area (Å²) in [5, 5.41) is 13.4. The van der Waals surface area contributed by atoms with Gasteiger partial charge in [-0.1, -0.05) is 0 Å². The van der Waals surface area contributed by atoms with E-state index in [1.807, 2.05) is 19.2 Å². The number of carboxylic acid groups (broad SMARTS) is 1. The zero-order chi connectivity index (χ0) is 26.7. The molecule has 3 aromatic rings. The molecule has 2 aliphatic heterocycles. The van der Waals surface area contributed by atoms with Crippen molar-refractivity contribution in [3.8, 4) is 5.88 Å². The summed E-state index contributed by atoms with van der Waals surface area (Å²) in [6.45, 7) is 6.32. The average Bonchev–Trinajstić information content (AvgIpc) is 3.46. The zero-order valence-corrected chi connectivity index (χ0v) is 20.0. The fourth-order valence-electron chi connectivity index (χ4n) is 4.14. The van der Waals surface area contributed by atoms with Gasteiger partial charge in [-0.25, -0.2) is 19.6 Å². The number of piperazine rings is 1. The molecule has 3 N–H and O–H groups in total. The number of carbonyl (C=O) groups is 2. The maximum absolute atomic E-state index is 13.1. The molecule has 0 aliphatic carbocycles. The smallest absolute Gasteiger partial charge is 0.478 e. The van der Waals surface area contributed by atoms with Gasteiger partial charge in [-0.2, -0.15) is 18.2 Å². The van der Waals surface area contributed by atoms with E-state index >= 15 is 0 Å². The average molecular weight is 522 g/mol. The van der Waals surface area contributed by atoms with E-state index in [1.54, 1.807) is 21.7 Å². The van der Waals surface area contributed by atoms with Crippen molar-refractivity contribution in [3.63, 3.8) is 0 Å². The topological polar surface area (TPSA) is 137 Å². The van der Waals surface area contributed by atoms with Crippen LogP contribution in [0.2, 0.25) is 0 Å². The van der Waals surface area contributed by atoms with E-state index in [9.17, 15) is 18.0 Å². The first-order chi connectivity index (χ1) is 17.6. The molecule has 1 saturated heterocycles. The molecule has 0 bridgehead atoms. The molecular weight excluding hydrogens is 497 g/mol. The summed E-state index contributed by atoms with van der Waals surface area (Å²) < 4.78 is 38.9. The fraction of sp³-hybridized carbons (Fsp3) is 0.409. The summed E-state index contributed by atoms with van der Waals surface area (Å²) in [7, 11) is 1.54. The predicted molar refractivity (Wildman–Crippen MR) is 127 cm³/mol. The Morgan fingerprint density at radius 3 is 2.51 bits per heavy atom. The number of aromatic nitrogens is 4. The lowest BCUT2D eigenvalue weighted by Crippen LogP contribution is -2.43. The Morgan fingerprint density at radius 2 is 1.86 bits per heavy atom. The second-order valence-electron chi connectivity index (χ2n) is 8.25. The number of fused-ring (bicyclic) bond motifs is 2. The third-order valence-corrected chi connectivity index (χ3v) is 5.75. The summed E-state index contributed by atoms with van der Waals surface area (Å²) in [4.78, 5) is 39.3. The van der Waals surface area contributed by atoms with Gasteiger partial charge in [0.25, 0.3) is 5.88 Å². The van der Waals surface area contributed by atoms with Crippen molar-refractivity contribution in [1.29, 1.82) is 0 Å². The number of urea groups is 1. The van der Waals surface area contributed by atoms with Crippen molar-refractivity contribution in [2.75, 3.05) is 55.0 Å².